The number of aromatic nitrogens is 1. The van der Waals surface area contributed by atoms with Crippen LogP contribution in [0.4, 0.5) is 10.8 Å². The number of nitrogens with two attached hydrogens (primary N) is 1. The summed E-state index contributed by atoms with van der Waals surface area (Å²) in [6.07, 6.45) is 1.44. The van der Waals surface area contributed by atoms with Crippen molar-refractivity contribution in [1.82, 2.24) is 4.98 Å². The maximum atomic E-state index is 11.9. The van der Waals surface area contributed by atoms with Crippen LogP contribution in [0, 0.1) is 0 Å². The lowest BCUT2D eigenvalue weighted by Crippen LogP contribution is -2.10. The lowest BCUT2D eigenvalue weighted by Gasteiger charge is -2.01. The molecular weight excluding hydrogens is 278 g/mol. The molecule has 1 amide bonds. The molecule has 0 saturated carbocycles. The van der Waals surface area contributed by atoms with Gasteiger partial charge in [-0.05, 0) is 18.2 Å². The molecule has 102 valence electrons. The molecule has 0 aliphatic heterocycles. The van der Waals surface area contributed by atoms with E-state index in [0.29, 0.717) is 22.1 Å². The Bertz CT molecular complexity index is 765. The monoisotopic (exact) mass is 289 g/mol. The highest BCUT2D eigenvalue weighted by Crippen LogP contribution is 2.34. The summed E-state index contributed by atoms with van der Waals surface area (Å²) in [6.45, 7) is 0. The summed E-state index contributed by atoms with van der Waals surface area (Å²) >= 11 is 1.32. The molecule has 0 saturated heterocycles. The smallest absolute Gasteiger partial charge is 0.293 e. The number of rotatable bonds is 3. The zero-order chi connectivity index (χ0) is 14.1. The number of benzene rings is 1. The normalized spacial score (nSPS) is 10.7. The van der Waals surface area contributed by atoms with E-state index in [2.05, 4.69) is 10.3 Å². The Morgan fingerprint density at radius 3 is 3.05 bits per heavy atom. The Kier molecular flexibility index (Phi) is 3.03. The average molecular weight is 289 g/mol. The van der Waals surface area contributed by atoms with Gasteiger partial charge in [-0.25, -0.2) is 4.98 Å². The number of carbonyl (C=O) groups excluding carboxylic acids is 1. The van der Waals surface area contributed by atoms with Crippen molar-refractivity contribution < 1.29 is 13.9 Å². The van der Waals surface area contributed by atoms with E-state index in [1.807, 2.05) is 0 Å². The second-order valence-electron chi connectivity index (χ2n) is 4.02. The Hall–Kier alpha value is -2.54. The molecule has 1 aromatic carbocycles. The van der Waals surface area contributed by atoms with Crippen molar-refractivity contribution in [2.45, 2.75) is 0 Å². The number of hydrogen-bond donors (Lipinski definition) is 2. The molecule has 0 aliphatic carbocycles. The van der Waals surface area contributed by atoms with Crippen molar-refractivity contribution in [2.24, 2.45) is 0 Å². The van der Waals surface area contributed by atoms with Crippen LogP contribution in [-0.4, -0.2) is 18.0 Å². The highest BCUT2D eigenvalue weighted by molar-refractivity contribution is 7.22. The van der Waals surface area contributed by atoms with E-state index in [1.54, 1.807) is 31.4 Å². The molecule has 0 unspecified atom stereocenters. The number of fused-ring (bicyclic) bond motifs is 1. The predicted molar refractivity (Wildman–Crippen MR) is 77.2 cm³/mol. The number of amides is 1. The second-order valence-corrected chi connectivity index (χ2v) is 5.05. The van der Waals surface area contributed by atoms with Crippen LogP contribution >= 0.6 is 11.3 Å². The van der Waals surface area contributed by atoms with E-state index in [0.717, 1.165) is 4.70 Å². The molecule has 0 radical (unpaired) electrons. The fourth-order valence-electron chi connectivity index (χ4n) is 1.79. The van der Waals surface area contributed by atoms with E-state index in [9.17, 15) is 4.79 Å². The summed E-state index contributed by atoms with van der Waals surface area (Å²) in [7, 11) is 1.55. The first-order valence-electron chi connectivity index (χ1n) is 5.76. The minimum Gasteiger partial charge on any atom is -0.494 e. The zero-order valence-electron chi connectivity index (χ0n) is 10.5. The number of ether oxygens (including phenoxy) is 1. The van der Waals surface area contributed by atoms with Gasteiger partial charge in [-0.2, -0.15) is 0 Å². The van der Waals surface area contributed by atoms with Crippen LogP contribution in [0.5, 0.6) is 5.75 Å². The van der Waals surface area contributed by atoms with Gasteiger partial charge < -0.3 is 14.9 Å². The number of nitrogens with one attached hydrogen (secondary N) is 1. The SMILES string of the molecule is COc1cc(N)cc2sc(NC(=O)c3ccco3)nc12. The number of hydrogen-bond acceptors (Lipinski definition) is 6. The molecule has 3 rings (SSSR count). The Balaban J connectivity index is 1.95. The van der Waals surface area contributed by atoms with Crippen molar-refractivity contribution in [3.63, 3.8) is 0 Å². The molecule has 3 N–H and O–H groups in total. The average Bonchev–Trinajstić information content (AvgIpc) is 3.05. The number of nitrogen functional groups attached to an aromatic ring is 1. The van der Waals surface area contributed by atoms with Gasteiger partial charge in [0.15, 0.2) is 10.9 Å². The summed E-state index contributed by atoms with van der Waals surface area (Å²) in [5.41, 5.74) is 7.04. The Morgan fingerprint density at radius 1 is 1.50 bits per heavy atom. The first-order chi connectivity index (χ1) is 9.67. The molecule has 2 aromatic heterocycles. The standard InChI is InChI=1S/C13H11N3O3S/c1-18-9-5-7(14)6-10-11(9)15-13(20-10)16-12(17)8-3-2-4-19-8/h2-6H,14H2,1H3,(H,15,16,17). The molecule has 0 bridgehead atoms. The van der Waals surface area contributed by atoms with E-state index in [4.69, 9.17) is 14.9 Å². The highest BCUT2D eigenvalue weighted by atomic mass is 32.1. The van der Waals surface area contributed by atoms with Crippen molar-refractivity contribution >= 4 is 38.3 Å². The lowest BCUT2D eigenvalue weighted by molar-refractivity contribution is 0.0996. The number of anilines is 2. The number of nitrogens with zero attached hydrogens (tertiary/aromatic N) is 1. The molecule has 0 atom stereocenters. The molecule has 0 aliphatic rings. The summed E-state index contributed by atoms with van der Waals surface area (Å²) in [5.74, 6) is 0.464. The van der Waals surface area contributed by atoms with Crippen LogP contribution < -0.4 is 15.8 Å². The third-order valence-corrected chi connectivity index (χ3v) is 3.59. The first kappa shape index (κ1) is 12.5. The van der Waals surface area contributed by atoms with Gasteiger partial charge >= 0.3 is 0 Å². The Labute approximate surface area is 118 Å². The van der Waals surface area contributed by atoms with Crippen LogP contribution in [0.3, 0.4) is 0 Å². The topological polar surface area (TPSA) is 90.4 Å². The van der Waals surface area contributed by atoms with E-state index in [-0.39, 0.29) is 11.7 Å². The highest BCUT2D eigenvalue weighted by Gasteiger charge is 2.14. The van der Waals surface area contributed by atoms with Gasteiger partial charge in [0.05, 0.1) is 18.1 Å². The maximum absolute atomic E-state index is 11.9. The van der Waals surface area contributed by atoms with Crippen molar-refractivity contribution in [2.75, 3.05) is 18.2 Å². The molecule has 0 spiro atoms. The fourth-order valence-corrected chi connectivity index (χ4v) is 2.72. The van der Waals surface area contributed by atoms with Crippen LogP contribution in [0.1, 0.15) is 10.6 Å². The number of furan rings is 1. The van der Waals surface area contributed by atoms with Gasteiger partial charge in [-0.3, -0.25) is 10.1 Å². The lowest BCUT2D eigenvalue weighted by atomic mass is 10.3. The summed E-state index contributed by atoms with van der Waals surface area (Å²) in [6, 6.07) is 6.72. The molecule has 3 aromatic rings. The third kappa shape index (κ3) is 2.19. The van der Waals surface area contributed by atoms with Crippen LogP contribution in [0.15, 0.2) is 34.9 Å². The van der Waals surface area contributed by atoms with Gasteiger partial charge in [-0.15, -0.1) is 0 Å². The summed E-state index contributed by atoms with van der Waals surface area (Å²) in [5, 5.41) is 3.15. The van der Waals surface area contributed by atoms with Crippen molar-refractivity contribution in [3.8, 4) is 5.75 Å². The van der Waals surface area contributed by atoms with Gasteiger partial charge in [0.25, 0.3) is 5.91 Å². The molecule has 6 nitrogen and oxygen atoms in total. The summed E-state index contributed by atoms with van der Waals surface area (Å²) in [4.78, 5) is 16.2. The van der Waals surface area contributed by atoms with Crippen LogP contribution in [0.2, 0.25) is 0 Å². The van der Waals surface area contributed by atoms with Gasteiger partial charge in [0, 0.05) is 11.8 Å². The quantitative estimate of drug-likeness (QED) is 0.723. The predicted octanol–water partition coefficient (Wildman–Crippen LogP) is 2.73. The van der Waals surface area contributed by atoms with Crippen LogP contribution in [-0.2, 0) is 0 Å². The van der Waals surface area contributed by atoms with Gasteiger partial charge in [-0.1, -0.05) is 11.3 Å². The van der Waals surface area contributed by atoms with Gasteiger partial charge in [0.1, 0.15) is 11.3 Å². The number of methoxy groups -OCH3 is 1. The Morgan fingerprint density at radius 2 is 2.35 bits per heavy atom. The van der Waals surface area contributed by atoms with Gasteiger partial charge in [0.2, 0.25) is 0 Å². The minimum absolute atomic E-state index is 0.232. The molecular formula is C13H11N3O3S. The first-order valence-corrected chi connectivity index (χ1v) is 6.58. The molecule has 7 heteroatoms. The largest absolute Gasteiger partial charge is 0.494 e. The number of carbonyl (C=O) groups is 1. The fraction of sp³-hybridized carbons (Fsp3) is 0.0769. The van der Waals surface area contributed by atoms with E-state index >= 15 is 0 Å². The van der Waals surface area contributed by atoms with Crippen molar-refractivity contribution in [1.29, 1.82) is 0 Å². The minimum atomic E-state index is -0.346. The molecule has 20 heavy (non-hydrogen) atoms. The van der Waals surface area contributed by atoms with E-state index in [1.165, 1.54) is 17.6 Å². The van der Waals surface area contributed by atoms with Crippen molar-refractivity contribution in [3.05, 3.63) is 36.3 Å². The zero-order valence-corrected chi connectivity index (χ0v) is 11.4. The van der Waals surface area contributed by atoms with E-state index < -0.39 is 0 Å². The summed E-state index contributed by atoms with van der Waals surface area (Å²) < 4.78 is 11.1. The number of thiazole rings is 1. The maximum Gasteiger partial charge on any atom is 0.293 e. The molecule has 0 fully saturated rings. The third-order valence-electron chi connectivity index (χ3n) is 2.67. The van der Waals surface area contributed by atoms with Crippen LogP contribution in [0.25, 0.3) is 10.2 Å². The molecule has 2 heterocycles. The second kappa shape index (κ2) is 4.86.